The predicted octanol–water partition coefficient (Wildman–Crippen LogP) is -1.56. The molecule has 0 spiro atoms. The number of rotatable bonds is 15. The Morgan fingerprint density at radius 1 is 0.560 bits per heavy atom. The van der Waals surface area contributed by atoms with Crippen LogP contribution < -0.4 is 0 Å². The Morgan fingerprint density at radius 2 is 1.08 bits per heavy atom. The SMILES string of the molecule is CC(C)=CCC[C@](C)(O[C@@H]1O[C@H](CO)[C@@H](O)[C@H](O)[C@H]1O)[C@H]1CC[C@]2(C)[C@@H]1[C@H](O)C[C@@H]1[C@@]3(C)CC[C@H](O[C@@H]4O[C@H](CO)[C@@H](O)[C@H](O)[C@H]4O[C@@H]4O[C@H](CO)[C@@H](O)[C@H](O)[C@H]4O[C@@H]4OC[C@@H](O)[C@H](O)[C@H]4O)C(C)(C)[C@H]3CC[C@]12C. The van der Waals surface area contributed by atoms with Crippen molar-refractivity contribution >= 4 is 0 Å². The van der Waals surface area contributed by atoms with Gasteiger partial charge < -0.3 is 109 Å². The summed E-state index contributed by atoms with van der Waals surface area (Å²) in [7, 11) is 0. The first-order valence-corrected chi connectivity index (χ1v) is 27.3. The average Bonchev–Trinajstić information content (AvgIpc) is 3.76. The Bertz CT molecular complexity index is 1940. The van der Waals surface area contributed by atoms with Gasteiger partial charge in [0.1, 0.15) is 91.6 Å². The van der Waals surface area contributed by atoms with E-state index in [9.17, 15) is 71.5 Å². The molecule has 8 rings (SSSR count). The van der Waals surface area contributed by atoms with E-state index >= 15 is 0 Å². The van der Waals surface area contributed by atoms with Gasteiger partial charge in [-0.25, -0.2) is 0 Å². The highest BCUT2D eigenvalue weighted by Crippen LogP contribution is 2.76. The van der Waals surface area contributed by atoms with Crippen molar-refractivity contribution in [1.82, 2.24) is 0 Å². The van der Waals surface area contributed by atoms with Crippen molar-refractivity contribution in [2.75, 3.05) is 26.4 Å². The summed E-state index contributed by atoms with van der Waals surface area (Å²) in [6, 6.07) is 0. The molecule has 22 heteroatoms. The van der Waals surface area contributed by atoms with Crippen molar-refractivity contribution in [2.24, 2.45) is 45.3 Å². The second-order valence-corrected chi connectivity index (χ2v) is 25.3. The van der Waals surface area contributed by atoms with Gasteiger partial charge in [-0.05, 0) is 124 Å². The molecular formula is C53H90O22. The number of aliphatic hydroxyl groups is 14. The second-order valence-electron chi connectivity index (χ2n) is 25.3. The van der Waals surface area contributed by atoms with Crippen molar-refractivity contribution < 1.29 is 109 Å². The minimum atomic E-state index is -1.86. The van der Waals surface area contributed by atoms with Crippen LogP contribution in [0.5, 0.6) is 0 Å². The molecule has 434 valence electrons. The fraction of sp³-hybridized carbons (Fsp3) is 0.962. The van der Waals surface area contributed by atoms with Gasteiger partial charge in [0, 0.05) is 0 Å². The van der Waals surface area contributed by atoms with Crippen LogP contribution in [0, 0.1) is 45.3 Å². The highest BCUT2D eigenvalue weighted by atomic mass is 16.8. The third kappa shape index (κ3) is 10.5. The Hall–Kier alpha value is -1.14. The van der Waals surface area contributed by atoms with Crippen molar-refractivity contribution in [3.8, 4) is 0 Å². The van der Waals surface area contributed by atoms with E-state index in [-0.39, 0.29) is 39.9 Å². The minimum absolute atomic E-state index is 0.0274. The van der Waals surface area contributed by atoms with Gasteiger partial charge in [-0.3, -0.25) is 0 Å². The summed E-state index contributed by atoms with van der Waals surface area (Å²) < 4.78 is 49.3. The van der Waals surface area contributed by atoms with Crippen LogP contribution in [0.2, 0.25) is 0 Å². The molecule has 0 aromatic heterocycles. The summed E-state index contributed by atoms with van der Waals surface area (Å²) in [4.78, 5) is 0. The maximum atomic E-state index is 12.8. The molecule has 4 aliphatic heterocycles. The number of fused-ring (bicyclic) bond motifs is 5. The molecule has 14 N–H and O–H groups in total. The second kappa shape index (κ2) is 22.7. The molecule has 29 atom stereocenters. The van der Waals surface area contributed by atoms with Gasteiger partial charge >= 0.3 is 0 Å². The first-order chi connectivity index (χ1) is 35.1. The Balaban J connectivity index is 1.03. The van der Waals surface area contributed by atoms with E-state index in [2.05, 4.69) is 40.7 Å². The summed E-state index contributed by atoms with van der Waals surface area (Å²) >= 11 is 0. The zero-order valence-electron chi connectivity index (χ0n) is 44.7. The van der Waals surface area contributed by atoms with Gasteiger partial charge in [-0.1, -0.05) is 46.3 Å². The van der Waals surface area contributed by atoms with Crippen molar-refractivity contribution in [3.05, 3.63) is 11.6 Å². The number of allylic oxidation sites excluding steroid dienone is 2. The lowest BCUT2D eigenvalue weighted by molar-refractivity contribution is -0.395. The molecule has 0 radical (unpaired) electrons. The largest absolute Gasteiger partial charge is 0.394 e. The van der Waals surface area contributed by atoms with E-state index in [4.69, 9.17) is 37.9 Å². The number of ether oxygens (including phenoxy) is 8. The van der Waals surface area contributed by atoms with Crippen LogP contribution in [0.15, 0.2) is 11.6 Å². The summed E-state index contributed by atoms with van der Waals surface area (Å²) in [6.07, 6.45) is -23.6. The smallest absolute Gasteiger partial charge is 0.187 e. The number of hydrogen-bond donors (Lipinski definition) is 14. The third-order valence-corrected chi connectivity index (χ3v) is 20.5. The van der Waals surface area contributed by atoms with Crippen molar-refractivity contribution in [2.45, 2.75) is 248 Å². The summed E-state index contributed by atoms with van der Waals surface area (Å²) in [5.74, 6) is -0.332. The van der Waals surface area contributed by atoms with Gasteiger partial charge in [-0.15, -0.1) is 0 Å². The van der Waals surface area contributed by atoms with Crippen molar-refractivity contribution in [1.29, 1.82) is 0 Å². The van der Waals surface area contributed by atoms with Gasteiger partial charge in [0.05, 0.1) is 44.2 Å². The summed E-state index contributed by atoms with van der Waals surface area (Å²) in [6.45, 7) is 14.7. The quantitative estimate of drug-likeness (QED) is 0.0651. The molecule has 22 nitrogen and oxygen atoms in total. The Labute approximate surface area is 439 Å². The van der Waals surface area contributed by atoms with Gasteiger partial charge in [-0.2, -0.15) is 0 Å². The molecule has 4 heterocycles. The maximum absolute atomic E-state index is 12.8. The molecule has 0 amide bonds. The fourth-order valence-corrected chi connectivity index (χ4v) is 16.1. The van der Waals surface area contributed by atoms with Crippen LogP contribution in [0.25, 0.3) is 0 Å². The molecule has 4 saturated carbocycles. The molecule has 0 bridgehead atoms. The van der Waals surface area contributed by atoms with E-state index < -0.39 is 166 Å². The molecule has 0 aromatic rings. The van der Waals surface area contributed by atoms with E-state index in [1.807, 2.05) is 20.8 Å². The zero-order chi connectivity index (χ0) is 55.1. The van der Waals surface area contributed by atoms with E-state index in [1.54, 1.807) is 0 Å². The first-order valence-electron chi connectivity index (χ1n) is 27.3. The van der Waals surface area contributed by atoms with Crippen LogP contribution in [0.1, 0.15) is 113 Å². The van der Waals surface area contributed by atoms with Gasteiger partial charge in [0.2, 0.25) is 0 Å². The minimum Gasteiger partial charge on any atom is -0.394 e. The highest BCUT2D eigenvalue weighted by molar-refractivity contribution is 5.20. The molecule has 75 heavy (non-hydrogen) atoms. The molecule has 8 fully saturated rings. The van der Waals surface area contributed by atoms with E-state index in [0.717, 1.165) is 24.8 Å². The number of hydrogen-bond acceptors (Lipinski definition) is 22. The monoisotopic (exact) mass is 1080 g/mol. The van der Waals surface area contributed by atoms with E-state index in [1.165, 1.54) is 0 Å². The van der Waals surface area contributed by atoms with Gasteiger partial charge in [0.25, 0.3) is 0 Å². The summed E-state index contributed by atoms with van der Waals surface area (Å²) in [5.41, 5.74) is -1.39. The molecule has 4 aliphatic carbocycles. The average molecular weight is 1080 g/mol. The predicted molar refractivity (Wildman–Crippen MR) is 260 cm³/mol. The molecule has 4 saturated heterocycles. The molecule has 8 aliphatic rings. The van der Waals surface area contributed by atoms with Crippen LogP contribution in [-0.4, -0.2) is 232 Å². The fourth-order valence-electron chi connectivity index (χ4n) is 16.1. The topological polar surface area (TPSA) is 357 Å². The standard InChI is InChI=1S/C53H90O22/c1-23(2)10-9-14-53(8,75-46-42(67)38(63)35(60)27(19-54)69-46)24-11-16-52(7)33(24)25(57)18-31-50(5)15-13-32(49(3,4)30(50)12-17-51(31,52)6)72-47-43(39(64)36(61)28(20-55)70-47)74-48-44(40(65)37(62)29(21-56)71-48)73-45-41(66)34(59)26(58)22-68-45/h10,24-48,54-67H,9,11-22H2,1-8H3/t24-,25+,26+,27+,28+,29+,30+,31+,32-,33-,34-,35+,36+,37+,38-,39-,40-,41+,42+,43+,44+,45-,46-,47-,48-,50-,51+,52+,53-/m0/s1. The van der Waals surface area contributed by atoms with Crippen LogP contribution >= 0.6 is 0 Å². The molecular weight excluding hydrogens is 989 g/mol. The molecule has 0 aromatic carbocycles. The van der Waals surface area contributed by atoms with E-state index in [0.29, 0.717) is 38.5 Å². The van der Waals surface area contributed by atoms with Crippen molar-refractivity contribution in [3.63, 3.8) is 0 Å². The van der Waals surface area contributed by atoms with Crippen LogP contribution in [0.3, 0.4) is 0 Å². The molecule has 0 unspecified atom stereocenters. The summed E-state index contributed by atoms with van der Waals surface area (Å²) in [5, 5.41) is 152. The first kappa shape index (κ1) is 60.0. The maximum Gasteiger partial charge on any atom is 0.187 e. The Morgan fingerprint density at radius 3 is 1.65 bits per heavy atom. The lowest BCUT2D eigenvalue weighted by Crippen LogP contribution is -2.68. The van der Waals surface area contributed by atoms with Gasteiger partial charge in [0.15, 0.2) is 25.2 Å². The lowest BCUT2D eigenvalue weighted by Gasteiger charge is -2.71. The Kier molecular flexibility index (Phi) is 18.1. The third-order valence-electron chi connectivity index (χ3n) is 20.5. The number of aliphatic hydroxyl groups excluding tert-OH is 14. The zero-order valence-corrected chi connectivity index (χ0v) is 44.7. The van der Waals surface area contributed by atoms with Crippen LogP contribution in [0.4, 0.5) is 0 Å². The normalized spacial score (nSPS) is 52.7. The highest BCUT2D eigenvalue weighted by Gasteiger charge is 2.72. The van der Waals surface area contributed by atoms with Crippen LogP contribution in [-0.2, 0) is 37.9 Å². The lowest BCUT2D eigenvalue weighted by atomic mass is 9.35.